The highest BCUT2D eigenvalue weighted by Crippen LogP contribution is 2.45. The zero-order valence-corrected chi connectivity index (χ0v) is 9.27. The van der Waals surface area contributed by atoms with Gasteiger partial charge in [-0.1, -0.05) is 6.07 Å². The van der Waals surface area contributed by atoms with Crippen molar-refractivity contribution < 1.29 is 14.3 Å². The Balaban J connectivity index is 2.21. The van der Waals surface area contributed by atoms with Crippen molar-refractivity contribution in [2.24, 2.45) is 4.99 Å². The molecule has 0 aromatic heterocycles. The molecular weight excluding hydrogens is 206 g/mol. The summed E-state index contributed by atoms with van der Waals surface area (Å²) in [5.74, 6) is 1.74. The van der Waals surface area contributed by atoms with Crippen molar-refractivity contribution in [2.75, 3.05) is 14.2 Å². The average molecular weight is 219 g/mol. The van der Waals surface area contributed by atoms with Gasteiger partial charge >= 0.3 is 0 Å². The summed E-state index contributed by atoms with van der Waals surface area (Å²) in [5.41, 5.74) is 1.13. The molecule has 4 heteroatoms. The quantitative estimate of drug-likeness (QED) is 0.574. The highest BCUT2D eigenvalue weighted by molar-refractivity contribution is 5.46. The number of benzene rings is 1. The van der Waals surface area contributed by atoms with E-state index in [-0.39, 0.29) is 6.04 Å². The molecule has 4 nitrogen and oxygen atoms in total. The van der Waals surface area contributed by atoms with E-state index in [1.807, 2.05) is 18.2 Å². The molecule has 2 atom stereocenters. The lowest BCUT2D eigenvalue weighted by atomic mass is 10.1. The predicted octanol–water partition coefficient (Wildman–Crippen LogP) is 1.90. The number of hydrogen-bond donors (Lipinski definition) is 0. The van der Waals surface area contributed by atoms with E-state index in [0.29, 0.717) is 17.4 Å². The molecule has 0 aliphatic heterocycles. The van der Waals surface area contributed by atoms with Gasteiger partial charge in [-0.2, -0.15) is 0 Å². The molecule has 1 fully saturated rings. The van der Waals surface area contributed by atoms with E-state index in [1.54, 1.807) is 20.3 Å². The van der Waals surface area contributed by atoms with E-state index >= 15 is 0 Å². The van der Waals surface area contributed by atoms with Crippen LogP contribution in [-0.2, 0) is 4.79 Å². The Hall–Kier alpha value is -1.80. The Bertz CT molecular complexity index is 438. The van der Waals surface area contributed by atoms with Crippen LogP contribution in [0.3, 0.4) is 0 Å². The summed E-state index contributed by atoms with van der Waals surface area (Å²) in [5, 5.41) is 0. The Kier molecular flexibility index (Phi) is 2.93. The molecule has 0 spiro atoms. The Morgan fingerprint density at radius 3 is 2.69 bits per heavy atom. The smallest absolute Gasteiger partial charge is 0.235 e. The molecule has 0 heterocycles. The fourth-order valence-corrected chi connectivity index (χ4v) is 1.83. The maximum absolute atomic E-state index is 10.1. The van der Waals surface area contributed by atoms with Gasteiger partial charge in [-0.15, -0.1) is 0 Å². The molecule has 2 rings (SSSR count). The molecular formula is C12H13NO3. The first-order valence-corrected chi connectivity index (χ1v) is 5.09. The Labute approximate surface area is 93.9 Å². The van der Waals surface area contributed by atoms with Crippen molar-refractivity contribution >= 4 is 6.08 Å². The monoisotopic (exact) mass is 219 g/mol. The number of isocyanates is 1. The molecule has 0 bridgehead atoms. The molecule has 2 unspecified atom stereocenters. The fourth-order valence-electron chi connectivity index (χ4n) is 1.83. The van der Waals surface area contributed by atoms with Gasteiger partial charge in [0.15, 0.2) is 11.5 Å². The maximum atomic E-state index is 10.1. The van der Waals surface area contributed by atoms with Crippen molar-refractivity contribution in [3.05, 3.63) is 23.8 Å². The predicted molar refractivity (Wildman–Crippen MR) is 58.8 cm³/mol. The average Bonchev–Trinajstić information content (AvgIpc) is 3.08. The lowest BCUT2D eigenvalue weighted by molar-refractivity contribution is 0.354. The lowest BCUT2D eigenvalue weighted by Gasteiger charge is -2.08. The van der Waals surface area contributed by atoms with Crippen LogP contribution in [0.2, 0.25) is 0 Å². The molecule has 1 aliphatic carbocycles. The first-order valence-electron chi connectivity index (χ1n) is 5.09. The minimum Gasteiger partial charge on any atom is -0.493 e. The van der Waals surface area contributed by atoms with Crippen molar-refractivity contribution in [1.29, 1.82) is 0 Å². The number of carbonyl (C=O) groups excluding carboxylic acids is 1. The third-order valence-electron chi connectivity index (χ3n) is 2.81. The van der Waals surface area contributed by atoms with E-state index in [0.717, 1.165) is 12.0 Å². The van der Waals surface area contributed by atoms with Crippen LogP contribution < -0.4 is 9.47 Å². The maximum Gasteiger partial charge on any atom is 0.235 e. The number of methoxy groups -OCH3 is 2. The van der Waals surface area contributed by atoms with Gasteiger partial charge in [0.25, 0.3) is 0 Å². The van der Waals surface area contributed by atoms with E-state index in [9.17, 15) is 4.79 Å². The fraction of sp³-hybridized carbons (Fsp3) is 0.417. The van der Waals surface area contributed by atoms with E-state index in [4.69, 9.17) is 9.47 Å². The molecule has 0 amide bonds. The summed E-state index contributed by atoms with van der Waals surface area (Å²) >= 11 is 0. The summed E-state index contributed by atoms with van der Waals surface area (Å²) < 4.78 is 10.4. The van der Waals surface area contributed by atoms with Crippen LogP contribution in [0.15, 0.2) is 23.2 Å². The van der Waals surface area contributed by atoms with E-state index in [1.165, 1.54) is 0 Å². The largest absolute Gasteiger partial charge is 0.493 e. The van der Waals surface area contributed by atoms with Crippen LogP contribution >= 0.6 is 0 Å². The van der Waals surface area contributed by atoms with Gasteiger partial charge in [-0.25, -0.2) is 9.79 Å². The van der Waals surface area contributed by atoms with Gasteiger partial charge in [0.1, 0.15) is 0 Å². The van der Waals surface area contributed by atoms with Gasteiger partial charge in [-0.05, 0) is 24.1 Å². The molecule has 0 saturated heterocycles. The molecule has 0 N–H and O–H groups in total. The molecule has 16 heavy (non-hydrogen) atoms. The van der Waals surface area contributed by atoms with Gasteiger partial charge in [0.05, 0.1) is 20.3 Å². The molecule has 0 radical (unpaired) electrons. The normalized spacial score (nSPS) is 22.1. The number of nitrogens with zero attached hydrogens (tertiary/aromatic N) is 1. The Morgan fingerprint density at radius 2 is 2.06 bits per heavy atom. The van der Waals surface area contributed by atoms with Gasteiger partial charge < -0.3 is 9.47 Å². The molecule has 1 saturated carbocycles. The van der Waals surface area contributed by atoms with Crippen LogP contribution in [0.25, 0.3) is 0 Å². The van der Waals surface area contributed by atoms with Crippen molar-refractivity contribution in [1.82, 2.24) is 0 Å². The third-order valence-corrected chi connectivity index (χ3v) is 2.81. The Morgan fingerprint density at radius 1 is 1.31 bits per heavy atom. The molecule has 1 aliphatic rings. The number of ether oxygens (including phenoxy) is 2. The standard InChI is InChI=1S/C12H13NO3/c1-15-11-4-3-8(5-12(11)16-2)9-6-10(9)13-7-14/h3-5,9-10H,6H2,1-2H3. The number of hydrogen-bond acceptors (Lipinski definition) is 4. The third kappa shape index (κ3) is 1.92. The minimum absolute atomic E-state index is 0.0931. The topological polar surface area (TPSA) is 47.9 Å². The van der Waals surface area contributed by atoms with Gasteiger partial charge in [-0.3, -0.25) is 0 Å². The summed E-state index contributed by atoms with van der Waals surface area (Å²) in [7, 11) is 3.21. The van der Waals surface area contributed by atoms with Crippen molar-refractivity contribution in [3.63, 3.8) is 0 Å². The van der Waals surface area contributed by atoms with Gasteiger partial charge in [0.2, 0.25) is 6.08 Å². The summed E-state index contributed by atoms with van der Waals surface area (Å²) in [6, 6.07) is 5.88. The lowest BCUT2D eigenvalue weighted by Crippen LogP contribution is -1.92. The zero-order valence-electron chi connectivity index (χ0n) is 9.27. The second-order valence-corrected chi connectivity index (χ2v) is 3.74. The molecule has 1 aromatic rings. The van der Waals surface area contributed by atoms with E-state index in [2.05, 4.69) is 4.99 Å². The number of rotatable bonds is 4. The van der Waals surface area contributed by atoms with Crippen LogP contribution in [0, 0.1) is 0 Å². The van der Waals surface area contributed by atoms with Crippen LogP contribution in [0.4, 0.5) is 0 Å². The second-order valence-electron chi connectivity index (χ2n) is 3.74. The van der Waals surface area contributed by atoms with Crippen LogP contribution in [-0.4, -0.2) is 26.3 Å². The highest BCUT2D eigenvalue weighted by Gasteiger charge is 2.38. The SMILES string of the molecule is COc1ccc(C2CC2N=C=O)cc1OC. The summed E-state index contributed by atoms with van der Waals surface area (Å²) in [4.78, 5) is 13.8. The number of aliphatic imine (C=N–C) groups is 1. The van der Waals surface area contributed by atoms with Crippen molar-refractivity contribution in [3.8, 4) is 11.5 Å². The first-order chi connectivity index (χ1) is 7.80. The second kappa shape index (κ2) is 4.37. The van der Waals surface area contributed by atoms with Crippen molar-refractivity contribution in [2.45, 2.75) is 18.4 Å². The minimum atomic E-state index is 0.0931. The van der Waals surface area contributed by atoms with Gasteiger partial charge in [0, 0.05) is 5.92 Å². The summed E-state index contributed by atoms with van der Waals surface area (Å²) in [6.45, 7) is 0. The van der Waals surface area contributed by atoms with E-state index < -0.39 is 0 Å². The first kappa shape index (κ1) is 10.7. The molecule has 84 valence electrons. The summed E-state index contributed by atoms with van der Waals surface area (Å²) in [6.07, 6.45) is 2.51. The zero-order chi connectivity index (χ0) is 11.5. The van der Waals surface area contributed by atoms with Crippen LogP contribution in [0.5, 0.6) is 11.5 Å². The van der Waals surface area contributed by atoms with Crippen LogP contribution in [0.1, 0.15) is 17.9 Å². The molecule has 1 aromatic carbocycles. The highest BCUT2D eigenvalue weighted by atomic mass is 16.5.